The van der Waals surface area contributed by atoms with Crippen LogP contribution in [0.3, 0.4) is 0 Å². The number of furan rings is 1. The molecule has 164 valence electrons. The molecule has 2 aromatic heterocycles. The van der Waals surface area contributed by atoms with E-state index in [2.05, 4.69) is 68.6 Å². The monoisotopic (exact) mass is 460 g/mol. The zero-order valence-corrected chi connectivity index (χ0v) is 18.8. The summed E-state index contributed by atoms with van der Waals surface area (Å²) < 4.78 is 7.48. The molecule has 2 atom stereocenters. The Morgan fingerprint density at radius 2 is 2.00 bits per heavy atom. The second-order valence-corrected chi connectivity index (χ2v) is 7.57. The number of benzene rings is 2. The van der Waals surface area contributed by atoms with Crippen LogP contribution >= 0.6 is 24.8 Å². The van der Waals surface area contributed by atoms with Gasteiger partial charge in [-0.3, -0.25) is 0 Å². The van der Waals surface area contributed by atoms with E-state index >= 15 is 0 Å². The lowest BCUT2D eigenvalue weighted by Crippen LogP contribution is -2.45. The number of tetrazole rings is 1. The smallest absolute Gasteiger partial charge is 0.181 e. The van der Waals surface area contributed by atoms with Crippen molar-refractivity contribution < 1.29 is 4.42 Å². The molecular weight excluding hydrogens is 435 g/mol. The van der Waals surface area contributed by atoms with Crippen LogP contribution in [0.15, 0.2) is 59.2 Å². The Bertz CT molecular complexity index is 1110. The quantitative estimate of drug-likeness (QED) is 0.467. The van der Waals surface area contributed by atoms with Crippen LogP contribution in [0.2, 0.25) is 0 Å². The number of fused-ring (bicyclic) bond motifs is 1. The van der Waals surface area contributed by atoms with E-state index in [0.29, 0.717) is 12.1 Å². The van der Waals surface area contributed by atoms with E-state index < -0.39 is 0 Å². The van der Waals surface area contributed by atoms with E-state index in [4.69, 9.17) is 4.42 Å². The summed E-state index contributed by atoms with van der Waals surface area (Å²) >= 11 is 0. The summed E-state index contributed by atoms with van der Waals surface area (Å²) in [5, 5.41) is 20.4. The molecule has 0 radical (unpaired) electrons. The SMILES string of the molecule is Cl.Cl.Cn1nnnc1-c1cc(CN[C@H]2CCCN[C@H]2c2ccccc2)c2occc2c1. The van der Waals surface area contributed by atoms with Gasteiger partial charge in [0.25, 0.3) is 0 Å². The van der Waals surface area contributed by atoms with Crippen LogP contribution < -0.4 is 10.6 Å². The van der Waals surface area contributed by atoms with Gasteiger partial charge < -0.3 is 15.1 Å². The Labute approximate surface area is 193 Å². The highest BCUT2D eigenvalue weighted by molar-refractivity contribution is 5.86. The third-order valence-corrected chi connectivity index (χ3v) is 5.68. The van der Waals surface area contributed by atoms with Crippen LogP contribution in [-0.4, -0.2) is 32.8 Å². The molecule has 0 saturated carbocycles. The predicted molar refractivity (Wildman–Crippen MR) is 126 cm³/mol. The third-order valence-electron chi connectivity index (χ3n) is 5.68. The molecule has 0 bridgehead atoms. The van der Waals surface area contributed by atoms with Gasteiger partial charge in [-0.15, -0.1) is 29.9 Å². The van der Waals surface area contributed by atoms with Gasteiger partial charge in [-0.05, 0) is 53.6 Å². The zero-order chi connectivity index (χ0) is 19.6. The lowest BCUT2D eigenvalue weighted by Gasteiger charge is -2.34. The van der Waals surface area contributed by atoms with E-state index in [-0.39, 0.29) is 24.8 Å². The first kappa shape index (κ1) is 23.2. The maximum absolute atomic E-state index is 5.79. The molecule has 1 aliphatic rings. The summed E-state index contributed by atoms with van der Waals surface area (Å²) in [6.45, 7) is 1.77. The van der Waals surface area contributed by atoms with E-state index in [1.165, 1.54) is 12.0 Å². The topological polar surface area (TPSA) is 80.8 Å². The van der Waals surface area contributed by atoms with Crippen molar-refractivity contribution in [3.8, 4) is 11.4 Å². The van der Waals surface area contributed by atoms with Crippen molar-refractivity contribution in [3.05, 3.63) is 65.9 Å². The number of nitrogens with one attached hydrogen (secondary N) is 2. The molecule has 2 N–H and O–H groups in total. The predicted octanol–water partition coefficient (Wildman–Crippen LogP) is 4.05. The Hall–Kier alpha value is -2.45. The van der Waals surface area contributed by atoms with Gasteiger partial charge in [0.15, 0.2) is 5.82 Å². The molecule has 0 aliphatic carbocycles. The number of piperidine rings is 1. The van der Waals surface area contributed by atoms with Crippen molar-refractivity contribution in [1.82, 2.24) is 30.8 Å². The number of hydrogen-bond donors (Lipinski definition) is 2. The van der Waals surface area contributed by atoms with Gasteiger partial charge in [-0.25, -0.2) is 4.68 Å². The van der Waals surface area contributed by atoms with Crippen molar-refractivity contribution in [3.63, 3.8) is 0 Å². The van der Waals surface area contributed by atoms with E-state index in [1.54, 1.807) is 10.9 Å². The lowest BCUT2D eigenvalue weighted by atomic mass is 9.92. The van der Waals surface area contributed by atoms with Gasteiger partial charge in [0.05, 0.1) is 6.26 Å². The fourth-order valence-electron chi connectivity index (χ4n) is 4.25. The molecular formula is C22H26Cl2N6O. The largest absolute Gasteiger partial charge is 0.464 e. The number of halogens is 2. The number of rotatable bonds is 5. The van der Waals surface area contributed by atoms with Crippen LogP contribution in [0.25, 0.3) is 22.4 Å². The van der Waals surface area contributed by atoms with Gasteiger partial charge in [0.2, 0.25) is 0 Å². The van der Waals surface area contributed by atoms with Crippen LogP contribution in [0.1, 0.15) is 30.0 Å². The molecule has 5 rings (SSSR count). The molecule has 0 amide bonds. The first-order valence-corrected chi connectivity index (χ1v) is 10.0. The van der Waals surface area contributed by atoms with Crippen molar-refractivity contribution in [1.29, 1.82) is 0 Å². The normalized spacial score (nSPS) is 18.4. The minimum absolute atomic E-state index is 0. The maximum atomic E-state index is 5.79. The average molecular weight is 461 g/mol. The molecule has 2 aromatic carbocycles. The number of aromatic nitrogens is 4. The summed E-state index contributed by atoms with van der Waals surface area (Å²) in [7, 11) is 1.85. The Kier molecular flexibility index (Phi) is 7.67. The fraction of sp³-hybridized carbons (Fsp3) is 0.318. The molecule has 0 unspecified atom stereocenters. The van der Waals surface area contributed by atoms with E-state index in [1.807, 2.05) is 13.1 Å². The van der Waals surface area contributed by atoms with Crippen LogP contribution in [0.4, 0.5) is 0 Å². The second-order valence-electron chi connectivity index (χ2n) is 7.57. The number of nitrogens with zero attached hydrogens (tertiary/aromatic N) is 4. The first-order chi connectivity index (χ1) is 14.3. The highest BCUT2D eigenvalue weighted by atomic mass is 35.5. The average Bonchev–Trinajstić information content (AvgIpc) is 3.41. The molecule has 4 aromatic rings. The Morgan fingerprint density at radius 3 is 2.77 bits per heavy atom. The number of hydrogen-bond acceptors (Lipinski definition) is 6. The first-order valence-electron chi connectivity index (χ1n) is 10.0. The standard InChI is InChI=1S/C22H24N6O.2ClH/c1-28-22(25-26-27-28)17-12-16-9-11-29-21(16)18(13-17)14-24-19-8-5-10-23-20(19)15-6-3-2-4-7-15;;/h2-4,6-7,9,11-13,19-20,23-24H,5,8,10,14H2,1H3;2*1H/t19-,20-;;/m0../s1. The summed E-state index contributed by atoms with van der Waals surface area (Å²) in [6.07, 6.45) is 4.05. The van der Waals surface area contributed by atoms with E-state index in [0.717, 1.165) is 47.4 Å². The molecule has 0 spiro atoms. The summed E-state index contributed by atoms with van der Waals surface area (Å²) in [5.74, 6) is 0.746. The molecule has 1 fully saturated rings. The highest BCUT2D eigenvalue weighted by Crippen LogP contribution is 2.29. The second kappa shape index (κ2) is 10.2. The van der Waals surface area contributed by atoms with Crippen molar-refractivity contribution >= 4 is 35.8 Å². The molecule has 31 heavy (non-hydrogen) atoms. The summed E-state index contributed by atoms with van der Waals surface area (Å²) in [4.78, 5) is 0. The Morgan fingerprint density at radius 1 is 1.16 bits per heavy atom. The van der Waals surface area contributed by atoms with E-state index in [9.17, 15) is 0 Å². The third kappa shape index (κ3) is 4.75. The van der Waals surface area contributed by atoms with Gasteiger partial charge in [-0.2, -0.15) is 0 Å². The highest BCUT2D eigenvalue weighted by Gasteiger charge is 2.26. The fourth-order valence-corrected chi connectivity index (χ4v) is 4.25. The minimum atomic E-state index is 0. The van der Waals surface area contributed by atoms with Crippen molar-refractivity contribution in [2.24, 2.45) is 7.05 Å². The Balaban J connectivity index is 0.00000136. The van der Waals surface area contributed by atoms with Crippen LogP contribution in [-0.2, 0) is 13.6 Å². The van der Waals surface area contributed by atoms with Gasteiger partial charge in [0, 0.05) is 42.2 Å². The summed E-state index contributed by atoms with van der Waals surface area (Å²) in [6, 6.07) is 17.5. The molecule has 3 heterocycles. The molecule has 7 nitrogen and oxygen atoms in total. The maximum Gasteiger partial charge on any atom is 0.181 e. The molecule has 9 heteroatoms. The lowest BCUT2D eigenvalue weighted by molar-refractivity contribution is 0.304. The molecule has 1 saturated heterocycles. The van der Waals surface area contributed by atoms with Gasteiger partial charge in [0.1, 0.15) is 5.58 Å². The minimum Gasteiger partial charge on any atom is -0.464 e. The van der Waals surface area contributed by atoms with Crippen LogP contribution in [0, 0.1) is 0 Å². The van der Waals surface area contributed by atoms with Crippen LogP contribution in [0.5, 0.6) is 0 Å². The molecule has 1 aliphatic heterocycles. The van der Waals surface area contributed by atoms with Crippen molar-refractivity contribution in [2.75, 3.05) is 6.54 Å². The zero-order valence-electron chi connectivity index (χ0n) is 17.2. The van der Waals surface area contributed by atoms with Gasteiger partial charge >= 0.3 is 0 Å². The number of aryl methyl sites for hydroxylation is 1. The van der Waals surface area contributed by atoms with Crippen molar-refractivity contribution in [2.45, 2.75) is 31.5 Å². The van der Waals surface area contributed by atoms with Gasteiger partial charge in [-0.1, -0.05) is 30.3 Å². The summed E-state index contributed by atoms with van der Waals surface area (Å²) in [5.41, 5.74) is 4.34.